The van der Waals surface area contributed by atoms with Gasteiger partial charge in [-0.05, 0) is 72.8 Å². The van der Waals surface area contributed by atoms with Crippen molar-refractivity contribution < 1.29 is 19.1 Å². The summed E-state index contributed by atoms with van der Waals surface area (Å²) in [7, 11) is 0. The van der Waals surface area contributed by atoms with E-state index >= 15 is 0 Å². The number of hydrogen-bond donors (Lipinski definition) is 0. The average molecular weight is 427 g/mol. The van der Waals surface area contributed by atoms with Crippen LogP contribution in [0.2, 0.25) is 0 Å². The number of Topliss-reactive ketones (excluding diaryl/α,β-unsaturated/α-hetero) is 1. The van der Waals surface area contributed by atoms with Crippen LogP contribution in [-0.4, -0.2) is 23.6 Å². The third kappa shape index (κ3) is 3.64. The molecule has 2 saturated carbocycles. The Labute approximate surface area is 186 Å². The summed E-state index contributed by atoms with van der Waals surface area (Å²) >= 11 is 0. The molecule has 0 heterocycles. The summed E-state index contributed by atoms with van der Waals surface area (Å²) in [5.41, 5.74) is 1.80. The topological polar surface area (TPSA) is 60.4 Å². The Kier molecular flexibility index (Phi) is 5.38. The number of fused-ring (bicyclic) bond motifs is 3. The van der Waals surface area contributed by atoms with Crippen LogP contribution >= 0.6 is 0 Å². The van der Waals surface area contributed by atoms with E-state index in [9.17, 15) is 14.4 Å². The van der Waals surface area contributed by atoms with Gasteiger partial charge in [0.2, 0.25) is 0 Å². The normalized spacial score (nSPS) is 42.1. The van der Waals surface area contributed by atoms with Gasteiger partial charge in [-0.1, -0.05) is 45.8 Å². The van der Waals surface area contributed by atoms with Gasteiger partial charge in [-0.25, -0.2) is 0 Å². The van der Waals surface area contributed by atoms with E-state index in [1.54, 1.807) is 6.92 Å². The molecule has 0 aromatic heterocycles. The van der Waals surface area contributed by atoms with Gasteiger partial charge in [-0.15, -0.1) is 0 Å². The van der Waals surface area contributed by atoms with Gasteiger partial charge < -0.3 is 4.74 Å². The van der Waals surface area contributed by atoms with Crippen LogP contribution < -0.4 is 0 Å². The molecule has 0 radical (unpaired) electrons. The van der Waals surface area contributed by atoms with E-state index in [1.165, 1.54) is 25.8 Å². The molecular formula is C27H38O4. The first kappa shape index (κ1) is 22.5. The van der Waals surface area contributed by atoms with Crippen LogP contribution in [0, 0.1) is 34.0 Å². The Bertz CT molecular complexity index is 878. The Morgan fingerprint density at radius 1 is 1.13 bits per heavy atom. The second-order valence-electron chi connectivity index (χ2n) is 11.9. The number of carbonyl (C=O) groups is 3. The molecule has 4 rings (SSSR count). The molecule has 0 aromatic carbocycles. The van der Waals surface area contributed by atoms with Gasteiger partial charge in [0.05, 0.1) is 0 Å². The lowest BCUT2D eigenvalue weighted by molar-refractivity contribution is -0.199. The fraction of sp³-hybridized carbons (Fsp3) is 0.741. The van der Waals surface area contributed by atoms with E-state index in [1.807, 2.05) is 0 Å². The van der Waals surface area contributed by atoms with Crippen LogP contribution in [0.3, 0.4) is 0 Å². The molecular weight excluding hydrogens is 388 g/mol. The first-order valence-electron chi connectivity index (χ1n) is 12.0. The molecule has 4 aliphatic rings. The summed E-state index contributed by atoms with van der Waals surface area (Å²) in [6, 6.07) is 0. The first-order valence-corrected chi connectivity index (χ1v) is 12.0. The third-order valence-electron chi connectivity index (χ3n) is 9.23. The summed E-state index contributed by atoms with van der Waals surface area (Å²) in [4.78, 5) is 37.2. The Morgan fingerprint density at radius 2 is 1.84 bits per heavy atom. The summed E-state index contributed by atoms with van der Waals surface area (Å²) in [5.74, 6) is 0.473. The molecule has 31 heavy (non-hydrogen) atoms. The zero-order valence-corrected chi connectivity index (χ0v) is 20.0. The highest BCUT2D eigenvalue weighted by Crippen LogP contribution is 2.67. The summed E-state index contributed by atoms with van der Waals surface area (Å²) in [5, 5.41) is 0. The first-order chi connectivity index (χ1) is 14.4. The van der Waals surface area contributed by atoms with Gasteiger partial charge in [-0.2, -0.15) is 0 Å². The number of ether oxygens (including phenoxy) is 1. The number of rotatable bonds is 2. The van der Waals surface area contributed by atoms with E-state index < -0.39 is 0 Å². The minimum Gasteiger partial charge on any atom is -0.462 e. The van der Waals surface area contributed by atoms with Crippen LogP contribution in [0.4, 0.5) is 0 Å². The smallest absolute Gasteiger partial charge is 0.302 e. The maximum atomic E-state index is 12.8. The van der Waals surface area contributed by atoms with Gasteiger partial charge in [0.1, 0.15) is 6.10 Å². The van der Waals surface area contributed by atoms with Crippen LogP contribution in [-0.2, 0) is 19.1 Å². The molecule has 2 fully saturated rings. The van der Waals surface area contributed by atoms with Crippen molar-refractivity contribution in [1.29, 1.82) is 0 Å². The predicted molar refractivity (Wildman–Crippen MR) is 120 cm³/mol. The molecule has 170 valence electrons. The monoisotopic (exact) mass is 426 g/mol. The highest BCUT2D eigenvalue weighted by atomic mass is 16.5. The molecule has 0 bridgehead atoms. The standard InChI is InChI=1S/C27H38O4/c1-16-12-21(30)19(13-20(16)29)18-8-9-23-26(5,14-18)15-22(31-17(2)28)24-25(3,4)10-7-11-27(23,24)6/h12,14,19,22-24H,7-11,13,15H2,1-6H3/t19-,22-,23+,24+,26-,27-/m1/s1. The molecule has 0 saturated heterocycles. The van der Waals surface area contributed by atoms with Gasteiger partial charge in [0.15, 0.2) is 11.6 Å². The van der Waals surface area contributed by atoms with Crippen molar-refractivity contribution >= 4 is 17.5 Å². The Hall–Kier alpha value is -1.71. The zero-order chi connectivity index (χ0) is 22.8. The van der Waals surface area contributed by atoms with Crippen molar-refractivity contribution in [2.75, 3.05) is 0 Å². The van der Waals surface area contributed by atoms with E-state index in [4.69, 9.17) is 4.74 Å². The minimum atomic E-state index is -0.311. The lowest BCUT2D eigenvalue weighted by atomic mass is 9.41. The zero-order valence-electron chi connectivity index (χ0n) is 20.0. The number of ketones is 2. The van der Waals surface area contributed by atoms with E-state index in [0.717, 1.165) is 31.3 Å². The SMILES string of the molecule is CC(=O)O[C@@H]1C[C@@]2(C)C=C([C@H]3CC(=O)C(C)=CC3=O)CC[C@@H]2[C@@]2(C)CCCC(C)(C)[C@H]12. The van der Waals surface area contributed by atoms with Crippen molar-refractivity contribution in [3.05, 3.63) is 23.3 Å². The molecule has 0 N–H and O–H groups in total. The third-order valence-corrected chi connectivity index (χ3v) is 9.23. The second-order valence-corrected chi connectivity index (χ2v) is 11.9. The second kappa shape index (κ2) is 7.42. The average Bonchev–Trinajstić information content (AvgIpc) is 2.62. The summed E-state index contributed by atoms with van der Waals surface area (Å²) in [6.45, 7) is 12.7. The molecule has 6 atom stereocenters. The molecule has 0 aliphatic heterocycles. The molecule has 4 aliphatic carbocycles. The lowest BCUT2D eigenvalue weighted by Gasteiger charge is -2.65. The molecule has 0 spiro atoms. The number of esters is 1. The molecule has 0 aromatic rings. The minimum absolute atomic E-state index is 0.0700. The molecule has 0 unspecified atom stereocenters. The quantitative estimate of drug-likeness (QED) is 0.426. The summed E-state index contributed by atoms with van der Waals surface area (Å²) < 4.78 is 6.01. The Balaban J connectivity index is 1.74. The fourth-order valence-electron chi connectivity index (χ4n) is 8.27. The van der Waals surface area contributed by atoms with Crippen LogP contribution in [0.25, 0.3) is 0 Å². The van der Waals surface area contributed by atoms with Crippen molar-refractivity contribution in [1.82, 2.24) is 0 Å². The van der Waals surface area contributed by atoms with Crippen LogP contribution in [0.15, 0.2) is 23.3 Å². The maximum absolute atomic E-state index is 12.8. The van der Waals surface area contributed by atoms with E-state index in [2.05, 4.69) is 33.8 Å². The van der Waals surface area contributed by atoms with E-state index in [0.29, 0.717) is 23.8 Å². The molecule has 4 heteroatoms. The molecule has 4 nitrogen and oxygen atoms in total. The Morgan fingerprint density at radius 3 is 2.52 bits per heavy atom. The maximum Gasteiger partial charge on any atom is 0.302 e. The fourth-order valence-corrected chi connectivity index (χ4v) is 8.27. The van der Waals surface area contributed by atoms with Gasteiger partial charge in [0.25, 0.3) is 0 Å². The van der Waals surface area contributed by atoms with Crippen LogP contribution in [0.5, 0.6) is 0 Å². The van der Waals surface area contributed by atoms with Crippen molar-refractivity contribution in [3.8, 4) is 0 Å². The van der Waals surface area contributed by atoms with Gasteiger partial charge in [-0.3, -0.25) is 14.4 Å². The number of carbonyl (C=O) groups excluding carboxylic acids is 3. The molecule has 0 amide bonds. The van der Waals surface area contributed by atoms with Gasteiger partial charge in [0, 0.05) is 25.2 Å². The van der Waals surface area contributed by atoms with Crippen molar-refractivity contribution in [3.63, 3.8) is 0 Å². The largest absolute Gasteiger partial charge is 0.462 e. The summed E-state index contributed by atoms with van der Waals surface area (Å²) in [6.07, 6.45) is 10.3. The van der Waals surface area contributed by atoms with E-state index in [-0.39, 0.29) is 45.8 Å². The van der Waals surface area contributed by atoms with Crippen molar-refractivity contribution in [2.24, 2.45) is 34.0 Å². The highest BCUT2D eigenvalue weighted by Gasteiger charge is 2.62. The van der Waals surface area contributed by atoms with Crippen molar-refractivity contribution in [2.45, 2.75) is 92.6 Å². The van der Waals surface area contributed by atoms with Gasteiger partial charge >= 0.3 is 5.97 Å². The highest BCUT2D eigenvalue weighted by molar-refractivity contribution is 6.10. The van der Waals surface area contributed by atoms with Crippen LogP contribution in [0.1, 0.15) is 86.5 Å². The predicted octanol–water partition coefficient (Wildman–Crippen LogP) is 5.60. The number of hydrogen-bond acceptors (Lipinski definition) is 4. The number of allylic oxidation sites excluding steroid dienone is 4. The lowest BCUT2D eigenvalue weighted by Crippen LogP contribution is -2.61.